The summed E-state index contributed by atoms with van der Waals surface area (Å²) in [6.45, 7) is 2.52. The fourth-order valence-corrected chi connectivity index (χ4v) is 6.11. The molecular formula is C36H25Cl2N7O5. The summed E-state index contributed by atoms with van der Waals surface area (Å²) >= 11 is 12.5. The number of halogens is 2. The molecule has 0 aliphatic heterocycles. The SMILES string of the molecule is CCOc1ccc(-n2c(=O)c3ccc(Cl)cc3n3c(COC(=O)c4cc(-c5ccco5)nc5c4cnn5Cc4ccc(Cl)cc4)nnc23)cc1. The van der Waals surface area contributed by atoms with Crippen LogP contribution in [0.25, 0.3) is 44.9 Å². The van der Waals surface area contributed by atoms with Gasteiger partial charge in [0.25, 0.3) is 5.56 Å². The second-order valence-corrected chi connectivity index (χ2v) is 12.1. The van der Waals surface area contributed by atoms with Gasteiger partial charge in [0, 0.05) is 10.0 Å². The number of furan rings is 1. The molecule has 0 aliphatic rings. The summed E-state index contributed by atoms with van der Waals surface area (Å²) in [7, 11) is 0. The Morgan fingerprint density at radius 2 is 1.72 bits per heavy atom. The quantitative estimate of drug-likeness (QED) is 0.144. The molecule has 5 heterocycles. The minimum Gasteiger partial charge on any atom is -0.494 e. The molecule has 5 aromatic heterocycles. The average molecular weight is 707 g/mol. The minimum absolute atomic E-state index is 0.217. The smallest absolute Gasteiger partial charge is 0.339 e. The molecule has 0 fully saturated rings. The van der Waals surface area contributed by atoms with Gasteiger partial charge in [0.2, 0.25) is 5.78 Å². The number of fused-ring (bicyclic) bond motifs is 4. The molecule has 0 aliphatic carbocycles. The Kier molecular flexibility index (Phi) is 8.02. The molecule has 0 saturated carbocycles. The van der Waals surface area contributed by atoms with Crippen molar-refractivity contribution in [3.8, 4) is 22.9 Å². The number of carbonyl (C=O) groups is 1. The van der Waals surface area contributed by atoms with E-state index in [0.29, 0.717) is 68.0 Å². The van der Waals surface area contributed by atoms with Gasteiger partial charge >= 0.3 is 5.97 Å². The highest BCUT2D eigenvalue weighted by atomic mass is 35.5. The first kappa shape index (κ1) is 31.3. The maximum atomic E-state index is 13.9. The van der Waals surface area contributed by atoms with Crippen LogP contribution in [0.5, 0.6) is 5.75 Å². The topological polar surface area (TPSA) is 132 Å². The van der Waals surface area contributed by atoms with Gasteiger partial charge in [0.15, 0.2) is 23.8 Å². The minimum atomic E-state index is -0.643. The molecule has 0 bridgehead atoms. The molecule has 0 saturated heterocycles. The van der Waals surface area contributed by atoms with E-state index in [1.54, 1.807) is 88.1 Å². The van der Waals surface area contributed by atoms with Gasteiger partial charge < -0.3 is 13.9 Å². The lowest BCUT2D eigenvalue weighted by atomic mass is 10.1. The Hall–Kier alpha value is -5.98. The normalized spacial score (nSPS) is 11.5. The zero-order chi connectivity index (χ0) is 34.4. The maximum Gasteiger partial charge on any atom is 0.339 e. The molecule has 8 aromatic rings. The molecule has 3 aromatic carbocycles. The molecule has 0 unspecified atom stereocenters. The number of hydrogen-bond acceptors (Lipinski definition) is 9. The number of esters is 1. The summed E-state index contributed by atoms with van der Waals surface area (Å²) in [5.41, 5.74) is 2.78. The third-order valence-electron chi connectivity index (χ3n) is 8.13. The molecule has 14 heteroatoms. The van der Waals surface area contributed by atoms with Gasteiger partial charge in [-0.3, -0.25) is 9.20 Å². The van der Waals surface area contributed by atoms with Gasteiger partial charge in [-0.25, -0.2) is 19.0 Å². The van der Waals surface area contributed by atoms with Gasteiger partial charge in [-0.05, 0) is 85.3 Å². The van der Waals surface area contributed by atoms with Crippen molar-refractivity contribution in [1.82, 2.24) is 33.9 Å². The van der Waals surface area contributed by atoms with Crippen LogP contribution in [-0.2, 0) is 17.9 Å². The molecule has 0 atom stereocenters. The van der Waals surface area contributed by atoms with E-state index in [4.69, 9.17) is 42.1 Å². The number of hydrogen-bond donors (Lipinski definition) is 0. The highest BCUT2D eigenvalue weighted by molar-refractivity contribution is 6.31. The number of aromatic nitrogens is 7. The van der Waals surface area contributed by atoms with E-state index < -0.39 is 5.97 Å². The fourth-order valence-electron chi connectivity index (χ4n) is 5.82. The number of nitrogens with zero attached hydrogens (tertiary/aromatic N) is 7. The molecule has 0 N–H and O–H groups in total. The third kappa shape index (κ3) is 5.63. The van der Waals surface area contributed by atoms with Crippen LogP contribution in [0.3, 0.4) is 0 Å². The van der Waals surface area contributed by atoms with Crippen molar-refractivity contribution >= 4 is 56.9 Å². The number of pyridine rings is 1. The first-order valence-electron chi connectivity index (χ1n) is 15.5. The predicted octanol–water partition coefficient (Wildman–Crippen LogP) is 7.15. The van der Waals surface area contributed by atoms with Crippen molar-refractivity contribution in [1.29, 1.82) is 0 Å². The number of benzene rings is 3. The van der Waals surface area contributed by atoms with Crippen LogP contribution in [0.1, 0.15) is 28.7 Å². The van der Waals surface area contributed by atoms with Crippen LogP contribution in [0.4, 0.5) is 0 Å². The summed E-state index contributed by atoms with van der Waals surface area (Å²) in [4.78, 5) is 32.5. The highest BCUT2D eigenvalue weighted by Gasteiger charge is 2.23. The Morgan fingerprint density at radius 1 is 0.920 bits per heavy atom. The van der Waals surface area contributed by atoms with Gasteiger partial charge in [-0.15, -0.1) is 10.2 Å². The van der Waals surface area contributed by atoms with Crippen molar-refractivity contribution < 1.29 is 18.7 Å². The first-order chi connectivity index (χ1) is 24.4. The summed E-state index contributed by atoms with van der Waals surface area (Å²) in [5, 5.41) is 15.1. The van der Waals surface area contributed by atoms with E-state index >= 15 is 0 Å². The molecule has 12 nitrogen and oxygen atoms in total. The lowest BCUT2D eigenvalue weighted by Crippen LogP contribution is -2.22. The van der Waals surface area contributed by atoms with Crippen molar-refractivity contribution in [2.24, 2.45) is 0 Å². The van der Waals surface area contributed by atoms with Crippen LogP contribution in [0.15, 0.2) is 107 Å². The Balaban J connectivity index is 1.18. The molecule has 0 radical (unpaired) electrons. The van der Waals surface area contributed by atoms with E-state index in [0.717, 1.165) is 5.56 Å². The second-order valence-electron chi connectivity index (χ2n) is 11.3. The van der Waals surface area contributed by atoms with E-state index in [-0.39, 0.29) is 29.3 Å². The molecule has 0 amide bonds. The average Bonchev–Trinajstić information content (AvgIpc) is 3.90. The van der Waals surface area contributed by atoms with Crippen molar-refractivity contribution in [3.05, 3.63) is 135 Å². The van der Waals surface area contributed by atoms with Crippen LogP contribution in [-0.4, -0.2) is 46.5 Å². The van der Waals surface area contributed by atoms with Crippen LogP contribution in [0.2, 0.25) is 10.0 Å². The molecular weight excluding hydrogens is 681 g/mol. The van der Waals surface area contributed by atoms with E-state index in [2.05, 4.69) is 15.3 Å². The van der Waals surface area contributed by atoms with Gasteiger partial charge in [-0.1, -0.05) is 35.3 Å². The fraction of sp³-hybridized carbons (Fsp3) is 0.111. The van der Waals surface area contributed by atoms with Crippen LogP contribution < -0.4 is 10.3 Å². The predicted molar refractivity (Wildman–Crippen MR) is 187 cm³/mol. The largest absolute Gasteiger partial charge is 0.494 e. The number of ether oxygens (including phenoxy) is 2. The molecule has 50 heavy (non-hydrogen) atoms. The van der Waals surface area contributed by atoms with Crippen LogP contribution >= 0.6 is 23.2 Å². The van der Waals surface area contributed by atoms with Crippen LogP contribution in [0, 0.1) is 0 Å². The number of rotatable bonds is 9. The van der Waals surface area contributed by atoms with E-state index in [1.807, 2.05) is 19.1 Å². The summed E-state index contributed by atoms with van der Waals surface area (Å²) < 4.78 is 21.9. The highest BCUT2D eigenvalue weighted by Crippen LogP contribution is 2.28. The molecule has 0 spiro atoms. The third-order valence-corrected chi connectivity index (χ3v) is 8.62. The maximum absolute atomic E-state index is 13.9. The first-order valence-corrected chi connectivity index (χ1v) is 16.3. The standard InChI is InChI=1S/C36H25Cl2N7O5/c1-2-48-25-12-10-24(11-13-25)44-34(46)26-14-9-23(38)16-30(26)45-32(41-42-36(44)45)20-50-35(47)27-17-29(31-4-3-15-49-31)40-33-28(27)18-39-43(33)19-21-5-7-22(37)8-6-21/h3-18H,2,19-20H2,1H3. The Morgan fingerprint density at radius 3 is 2.48 bits per heavy atom. The summed E-state index contributed by atoms with van der Waals surface area (Å²) in [6.07, 6.45) is 3.11. The van der Waals surface area contributed by atoms with Gasteiger partial charge in [-0.2, -0.15) is 5.10 Å². The van der Waals surface area contributed by atoms with Crippen molar-refractivity contribution in [3.63, 3.8) is 0 Å². The Bertz CT molecular complexity index is 2590. The zero-order valence-corrected chi connectivity index (χ0v) is 27.8. The lowest BCUT2D eigenvalue weighted by Gasteiger charge is -2.13. The second kappa shape index (κ2) is 12.8. The summed E-state index contributed by atoms with van der Waals surface area (Å²) in [5.74, 6) is 0.984. The zero-order valence-electron chi connectivity index (χ0n) is 26.3. The van der Waals surface area contributed by atoms with E-state index in [1.165, 1.54) is 10.8 Å². The Labute approximate surface area is 293 Å². The van der Waals surface area contributed by atoms with Gasteiger partial charge in [0.05, 0.1) is 53.2 Å². The molecule has 248 valence electrons. The molecule has 8 rings (SSSR count). The lowest BCUT2D eigenvalue weighted by molar-refractivity contribution is 0.0463. The van der Waals surface area contributed by atoms with Crippen molar-refractivity contribution in [2.45, 2.75) is 20.1 Å². The summed E-state index contributed by atoms with van der Waals surface area (Å²) in [6, 6.07) is 24.5. The van der Waals surface area contributed by atoms with E-state index in [9.17, 15) is 9.59 Å². The number of carbonyl (C=O) groups excluding carboxylic acids is 1. The van der Waals surface area contributed by atoms with Gasteiger partial charge in [0.1, 0.15) is 11.4 Å². The monoisotopic (exact) mass is 705 g/mol. The van der Waals surface area contributed by atoms with Crippen molar-refractivity contribution in [2.75, 3.05) is 6.61 Å².